The molecule has 2 aromatic heterocycles. The molecule has 0 aliphatic carbocycles. The molecular formula is C22H21ClF3N5O. The summed E-state index contributed by atoms with van der Waals surface area (Å²) in [5.41, 5.74) is 0.852. The fourth-order valence-corrected chi connectivity index (χ4v) is 3.99. The Balaban J connectivity index is 1.31. The molecule has 1 aromatic carbocycles. The lowest BCUT2D eigenvalue weighted by atomic mass is 9.96. The quantitative estimate of drug-likeness (QED) is 0.587. The normalized spacial score (nSPS) is 15.1. The van der Waals surface area contributed by atoms with E-state index in [0.29, 0.717) is 44.0 Å². The third-order valence-electron chi connectivity index (χ3n) is 5.40. The van der Waals surface area contributed by atoms with Crippen molar-refractivity contribution in [2.45, 2.75) is 25.6 Å². The van der Waals surface area contributed by atoms with Crippen LogP contribution in [0.3, 0.4) is 0 Å². The van der Waals surface area contributed by atoms with Crippen LogP contribution in [0.15, 0.2) is 55.0 Å². The van der Waals surface area contributed by atoms with Gasteiger partial charge in [-0.1, -0.05) is 41.9 Å². The Kier molecular flexibility index (Phi) is 6.36. The molecule has 1 amide bonds. The highest BCUT2D eigenvalue weighted by molar-refractivity contribution is 6.33. The molecule has 1 aliphatic heterocycles. The number of aromatic nitrogens is 3. The maximum atomic E-state index is 12.8. The highest BCUT2D eigenvalue weighted by Gasteiger charge is 2.33. The highest BCUT2D eigenvalue weighted by Crippen LogP contribution is 2.34. The van der Waals surface area contributed by atoms with Gasteiger partial charge in [-0.05, 0) is 24.5 Å². The maximum Gasteiger partial charge on any atom is 0.417 e. The van der Waals surface area contributed by atoms with Crippen molar-refractivity contribution in [1.29, 1.82) is 0 Å². The van der Waals surface area contributed by atoms with Crippen molar-refractivity contribution >= 4 is 29.0 Å². The fraction of sp³-hybridized carbons (Fsp3) is 0.318. The fourth-order valence-electron chi connectivity index (χ4n) is 3.70. The molecule has 0 unspecified atom stereocenters. The number of hydrogen-bond donors (Lipinski definition) is 1. The highest BCUT2D eigenvalue weighted by atomic mass is 35.5. The van der Waals surface area contributed by atoms with Gasteiger partial charge in [-0.2, -0.15) is 18.3 Å². The predicted molar refractivity (Wildman–Crippen MR) is 116 cm³/mol. The van der Waals surface area contributed by atoms with Gasteiger partial charge in [0.1, 0.15) is 5.82 Å². The van der Waals surface area contributed by atoms with Crippen LogP contribution in [0.25, 0.3) is 0 Å². The number of nitrogens with one attached hydrogen (secondary N) is 1. The maximum absolute atomic E-state index is 12.8. The molecule has 0 radical (unpaired) electrons. The first kappa shape index (κ1) is 22.1. The Labute approximate surface area is 188 Å². The zero-order valence-electron chi connectivity index (χ0n) is 17.0. The third kappa shape index (κ3) is 5.21. The van der Waals surface area contributed by atoms with Crippen molar-refractivity contribution in [3.63, 3.8) is 0 Å². The Morgan fingerprint density at radius 1 is 1.16 bits per heavy atom. The van der Waals surface area contributed by atoms with Gasteiger partial charge in [0.2, 0.25) is 5.91 Å². The van der Waals surface area contributed by atoms with Gasteiger partial charge in [0.05, 0.1) is 29.0 Å². The summed E-state index contributed by atoms with van der Waals surface area (Å²) in [7, 11) is 0. The summed E-state index contributed by atoms with van der Waals surface area (Å²) in [5.74, 6) is -0.00644. The van der Waals surface area contributed by atoms with E-state index in [0.717, 1.165) is 17.8 Å². The first-order valence-corrected chi connectivity index (χ1v) is 10.5. The first-order valence-electron chi connectivity index (χ1n) is 10.1. The molecule has 3 heterocycles. The van der Waals surface area contributed by atoms with Gasteiger partial charge in [-0.3, -0.25) is 9.48 Å². The lowest BCUT2D eigenvalue weighted by Crippen LogP contribution is -2.38. The molecule has 6 nitrogen and oxygen atoms in total. The summed E-state index contributed by atoms with van der Waals surface area (Å²) in [6.07, 6.45) is 0.780. The lowest BCUT2D eigenvalue weighted by Gasteiger charge is -2.32. The molecule has 1 aliphatic rings. The van der Waals surface area contributed by atoms with Crippen molar-refractivity contribution in [3.05, 3.63) is 71.1 Å². The molecule has 4 rings (SSSR count). The van der Waals surface area contributed by atoms with Crippen LogP contribution in [0, 0.1) is 5.92 Å². The van der Waals surface area contributed by atoms with Crippen molar-refractivity contribution in [2.24, 2.45) is 5.92 Å². The van der Waals surface area contributed by atoms with E-state index >= 15 is 0 Å². The molecule has 0 spiro atoms. The van der Waals surface area contributed by atoms with Crippen LogP contribution in [0.1, 0.15) is 24.0 Å². The number of benzene rings is 1. The molecule has 0 saturated carbocycles. The molecule has 168 valence electrons. The number of alkyl halides is 3. The molecular weight excluding hydrogens is 443 g/mol. The van der Waals surface area contributed by atoms with Crippen LogP contribution >= 0.6 is 11.6 Å². The van der Waals surface area contributed by atoms with E-state index in [1.165, 1.54) is 0 Å². The predicted octanol–water partition coefficient (Wildman–Crippen LogP) is 4.85. The Morgan fingerprint density at radius 3 is 2.53 bits per heavy atom. The van der Waals surface area contributed by atoms with Crippen LogP contribution in [0.5, 0.6) is 0 Å². The van der Waals surface area contributed by atoms with E-state index in [9.17, 15) is 18.0 Å². The van der Waals surface area contributed by atoms with E-state index in [-0.39, 0.29) is 16.8 Å². The topological polar surface area (TPSA) is 63.1 Å². The number of pyridine rings is 1. The second kappa shape index (κ2) is 9.20. The number of halogens is 4. The number of anilines is 2. The molecule has 10 heteroatoms. The van der Waals surface area contributed by atoms with Crippen LogP contribution in [0.4, 0.5) is 24.7 Å². The smallest absolute Gasteiger partial charge is 0.355 e. The van der Waals surface area contributed by atoms with Crippen LogP contribution in [-0.2, 0) is 17.5 Å². The molecule has 0 bridgehead atoms. The van der Waals surface area contributed by atoms with Crippen LogP contribution in [0.2, 0.25) is 5.02 Å². The van der Waals surface area contributed by atoms with Crippen molar-refractivity contribution in [1.82, 2.24) is 14.8 Å². The van der Waals surface area contributed by atoms with E-state index in [2.05, 4.69) is 15.4 Å². The first-order chi connectivity index (χ1) is 15.3. The van der Waals surface area contributed by atoms with Gasteiger partial charge in [-0.25, -0.2) is 4.98 Å². The number of piperidine rings is 1. The van der Waals surface area contributed by atoms with Gasteiger partial charge in [0.15, 0.2) is 0 Å². The number of rotatable bonds is 5. The number of hydrogen-bond acceptors (Lipinski definition) is 4. The molecule has 1 fully saturated rings. The summed E-state index contributed by atoms with van der Waals surface area (Å²) < 4.78 is 40.2. The summed E-state index contributed by atoms with van der Waals surface area (Å²) >= 11 is 6.04. The zero-order valence-corrected chi connectivity index (χ0v) is 17.8. The standard InChI is InChI=1S/C22H21ClF3N5O/c23-19-10-17(22(24,25)26)11-27-20(19)30-8-6-16(7-9-30)21(32)29-18-12-28-31(14-18)13-15-4-2-1-3-5-15/h1-5,10-12,14,16H,6-9,13H2,(H,29,32). The third-order valence-corrected chi connectivity index (χ3v) is 5.68. The summed E-state index contributed by atoms with van der Waals surface area (Å²) in [5, 5.41) is 7.14. The average molecular weight is 464 g/mol. The average Bonchev–Trinajstić information content (AvgIpc) is 3.20. The van der Waals surface area contributed by atoms with E-state index in [1.807, 2.05) is 35.2 Å². The number of nitrogens with zero attached hydrogens (tertiary/aromatic N) is 4. The van der Waals surface area contributed by atoms with Gasteiger partial charge in [0.25, 0.3) is 0 Å². The number of amides is 1. The minimum Gasteiger partial charge on any atom is -0.355 e. The Morgan fingerprint density at radius 2 is 1.88 bits per heavy atom. The summed E-state index contributed by atoms with van der Waals surface area (Å²) in [4.78, 5) is 18.4. The number of carbonyl (C=O) groups is 1. The molecule has 3 aromatic rings. The van der Waals surface area contributed by atoms with Gasteiger partial charge in [0, 0.05) is 31.4 Å². The number of carbonyl (C=O) groups excluding carboxylic acids is 1. The van der Waals surface area contributed by atoms with Gasteiger partial charge < -0.3 is 10.2 Å². The van der Waals surface area contributed by atoms with E-state index in [4.69, 9.17) is 11.6 Å². The SMILES string of the molecule is O=C(Nc1cnn(Cc2ccccc2)c1)C1CCN(c2ncc(C(F)(F)F)cc2Cl)CC1. The summed E-state index contributed by atoms with van der Waals surface area (Å²) in [6, 6.07) is 10.8. The lowest BCUT2D eigenvalue weighted by molar-refractivity contribution is -0.137. The van der Waals surface area contributed by atoms with E-state index in [1.54, 1.807) is 17.1 Å². The molecule has 1 saturated heterocycles. The minimum atomic E-state index is -4.49. The summed E-state index contributed by atoms with van der Waals surface area (Å²) in [6.45, 7) is 1.56. The van der Waals surface area contributed by atoms with Gasteiger partial charge in [-0.15, -0.1) is 0 Å². The second-order valence-electron chi connectivity index (χ2n) is 7.69. The van der Waals surface area contributed by atoms with E-state index < -0.39 is 11.7 Å². The largest absolute Gasteiger partial charge is 0.417 e. The van der Waals surface area contributed by atoms with Crippen LogP contribution < -0.4 is 10.2 Å². The molecule has 0 atom stereocenters. The van der Waals surface area contributed by atoms with Crippen molar-refractivity contribution < 1.29 is 18.0 Å². The van der Waals surface area contributed by atoms with Gasteiger partial charge >= 0.3 is 6.18 Å². The molecule has 32 heavy (non-hydrogen) atoms. The molecule has 1 N–H and O–H groups in total. The van der Waals surface area contributed by atoms with Crippen LogP contribution in [-0.4, -0.2) is 33.8 Å². The monoisotopic (exact) mass is 463 g/mol. The Hall–Kier alpha value is -3.07. The zero-order chi connectivity index (χ0) is 22.7. The van der Waals surface area contributed by atoms with Crippen molar-refractivity contribution in [3.8, 4) is 0 Å². The second-order valence-corrected chi connectivity index (χ2v) is 8.10. The van der Waals surface area contributed by atoms with Crippen molar-refractivity contribution in [2.75, 3.05) is 23.3 Å². The minimum absolute atomic E-state index is 0.0476. The Bertz CT molecular complexity index is 1080.